The third kappa shape index (κ3) is 3.37. The molecule has 0 bridgehead atoms. The Morgan fingerprint density at radius 1 is 1.26 bits per heavy atom. The van der Waals surface area contributed by atoms with E-state index in [0.717, 1.165) is 37.8 Å². The monoisotopic (exact) mass is 261 g/mol. The predicted molar refractivity (Wildman–Crippen MR) is 80.4 cm³/mol. The van der Waals surface area contributed by atoms with Crippen molar-refractivity contribution < 1.29 is 5.11 Å². The van der Waals surface area contributed by atoms with Gasteiger partial charge in [-0.3, -0.25) is 0 Å². The summed E-state index contributed by atoms with van der Waals surface area (Å²) in [7, 11) is 0. The van der Waals surface area contributed by atoms with Crippen molar-refractivity contribution in [2.75, 3.05) is 6.54 Å². The molecular weight excluding hydrogens is 234 g/mol. The fourth-order valence-corrected chi connectivity index (χ4v) is 3.25. The largest absolute Gasteiger partial charge is 0.385 e. The molecule has 1 aliphatic rings. The molecular formula is C17H27NO. The minimum Gasteiger partial charge on any atom is -0.385 e. The normalized spacial score (nSPS) is 27.5. The highest BCUT2D eigenvalue weighted by Gasteiger charge is 2.35. The first kappa shape index (κ1) is 14.5. The Hall–Kier alpha value is -0.860. The molecule has 1 aliphatic carbocycles. The fraction of sp³-hybridized carbons (Fsp3) is 0.647. The van der Waals surface area contributed by atoms with Gasteiger partial charge in [-0.05, 0) is 63.6 Å². The van der Waals surface area contributed by atoms with E-state index < -0.39 is 5.60 Å². The number of benzene rings is 1. The van der Waals surface area contributed by atoms with Crippen molar-refractivity contribution in [3.05, 3.63) is 34.9 Å². The van der Waals surface area contributed by atoms with Gasteiger partial charge >= 0.3 is 0 Å². The molecule has 2 heteroatoms. The van der Waals surface area contributed by atoms with Gasteiger partial charge in [-0.15, -0.1) is 0 Å². The second-order valence-corrected chi connectivity index (χ2v) is 6.08. The highest BCUT2D eigenvalue weighted by atomic mass is 16.3. The van der Waals surface area contributed by atoms with E-state index in [1.165, 1.54) is 17.5 Å². The number of aryl methyl sites for hydroxylation is 2. The summed E-state index contributed by atoms with van der Waals surface area (Å²) in [6.07, 6.45) is 5.07. The Morgan fingerprint density at radius 3 is 2.53 bits per heavy atom. The van der Waals surface area contributed by atoms with E-state index in [4.69, 9.17) is 0 Å². The lowest BCUT2D eigenvalue weighted by molar-refractivity contribution is -0.00879. The summed E-state index contributed by atoms with van der Waals surface area (Å²) in [6.45, 7) is 7.50. The van der Waals surface area contributed by atoms with Crippen LogP contribution in [0.3, 0.4) is 0 Å². The van der Waals surface area contributed by atoms with E-state index in [2.05, 4.69) is 44.3 Å². The van der Waals surface area contributed by atoms with E-state index >= 15 is 0 Å². The van der Waals surface area contributed by atoms with Crippen molar-refractivity contribution in [3.63, 3.8) is 0 Å². The summed E-state index contributed by atoms with van der Waals surface area (Å²) in [5, 5.41) is 14.5. The molecule has 0 aromatic heterocycles. The van der Waals surface area contributed by atoms with Crippen LogP contribution < -0.4 is 5.32 Å². The van der Waals surface area contributed by atoms with Crippen LogP contribution in [0.4, 0.5) is 0 Å². The van der Waals surface area contributed by atoms with Crippen LogP contribution in [0.2, 0.25) is 0 Å². The lowest BCUT2D eigenvalue weighted by Gasteiger charge is -2.37. The molecule has 1 saturated carbocycles. The van der Waals surface area contributed by atoms with Crippen LogP contribution in [0, 0.1) is 13.8 Å². The van der Waals surface area contributed by atoms with Crippen LogP contribution in [0.25, 0.3) is 0 Å². The Bertz CT molecular complexity index is 419. The first-order chi connectivity index (χ1) is 9.05. The second-order valence-electron chi connectivity index (χ2n) is 6.08. The second kappa shape index (κ2) is 6.06. The lowest BCUT2D eigenvalue weighted by Crippen LogP contribution is -2.40. The topological polar surface area (TPSA) is 32.3 Å². The van der Waals surface area contributed by atoms with Crippen molar-refractivity contribution in [2.45, 2.75) is 64.5 Å². The molecule has 19 heavy (non-hydrogen) atoms. The number of nitrogens with one attached hydrogen (secondary N) is 1. The van der Waals surface area contributed by atoms with Crippen LogP contribution in [-0.2, 0) is 5.60 Å². The molecule has 0 radical (unpaired) electrons. The molecule has 0 heterocycles. The van der Waals surface area contributed by atoms with Crippen molar-refractivity contribution in [3.8, 4) is 0 Å². The quantitative estimate of drug-likeness (QED) is 0.870. The van der Waals surface area contributed by atoms with Gasteiger partial charge in [-0.1, -0.05) is 30.7 Å². The van der Waals surface area contributed by atoms with Crippen LogP contribution in [-0.4, -0.2) is 17.7 Å². The Kier molecular flexibility index (Phi) is 4.64. The molecule has 0 saturated heterocycles. The fourth-order valence-electron chi connectivity index (χ4n) is 3.25. The van der Waals surface area contributed by atoms with Gasteiger partial charge in [0.1, 0.15) is 0 Å². The van der Waals surface area contributed by atoms with Crippen molar-refractivity contribution >= 4 is 0 Å². The minimum atomic E-state index is -0.609. The third-order valence-electron chi connectivity index (χ3n) is 4.38. The Morgan fingerprint density at radius 2 is 1.95 bits per heavy atom. The molecule has 0 atom stereocenters. The first-order valence-corrected chi connectivity index (χ1v) is 7.58. The summed E-state index contributed by atoms with van der Waals surface area (Å²) in [5.41, 5.74) is 3.01. The van der Waals surface area contributed by atoms with E-state index in [9.17, 15) is 5.11 Å². The highest BCUT2D eigenvalue weighted by molar-refractivity contribution is 5.35. The van der Waals surface area contributed by atoms with Crippen molar-refractivity contribution in [1.29, 1.82) is 0 Å². The summed E-state index contributed by atoms with van der Waals surface area (Å²) >= 11 is 0. The molecule has 2 nitrogen and oxygen atoms in total. The van der Waals surface area contributed by atoms with E-state index in [0.29, 0.717) is 6.04 Å². The molecule has 0 unspecified atom stereocenters. The molecule has 0 spiro atoms. The van der Waals surface area contributed by atoms with Gasteiger partial charge < -0.3 is 10.4 Å². The van der Waals surface area contributed by atoms with Crippen LogP contribution in [0.1, 0.15) is 55.7 Å². The zero-order chi connectivity index (χ0) is 13.9. The molecule has 1 fully saturated rings. The van der Waals surface area contributed by atoms with Gasteiger partial charge in [0.15, 0.2) is 0 Å². The average molecular weight is 261 g/mol. The number of hydrogen-bond donors (Lipinski definition) is 2. The van der Waals surface area contributed by atoms with Crippen LogP contribution >= 0.6 is 0 Å². The lowest BCUT2D eigenvalue weighted by atomic mass is 9.76. The maximum atomic E-state index is 10.9. The maximum Gasteiger partial charge on any atom is 0.0900 e. The van der Waals surface area contributed by atoms with Crippen molar-refractivity contribution in [1.82, 2.24) is 5.32 Å². The molecule has 1 aromatic carbocycles. The molecule has 2 rings (SSSR count). The van der Waals surface area contributed by atoms with Gasteiger partial charge in [-0.25, -0.2) is 0 Å². The molecule has 1 aromatic rings. The Balaban J connectivity index is 2.05. The number of hydrogen-bond acceptors (Lipinski definition) is 2. The summed E-state index contributed by atoms with van der Waals surface area (Å²) in [5.74, 6) is 0. The van der Waals surface area contributed by atoms with E-state index in [1.807, 2.05) is 0 Å². The number of aliphatic hydroxyl groups is 1. The zero-order valence-electron chi connectivity index (χ0n) is 12.5. The SMILES string of the molecule is CCCNC1CCC(O)(c2ccc(C)cc2C)CC1. The van der Waals surface area contributed by atoms with Gasteiger partial charge in [0.05, 0.1) is 5.60 Å². The van der Waals surface area contributed by atoms with Gasteiger partial charge in [0, 0.05) is 6.04 Å². The average Bonchev–Trinajstić information content (AvgIpc) is 2.38. The van der Waals surface area contributed by atoms with Gasteiger partial charge in [-0.2, -0.15) is 0 Å². The molecule has 0 aliphatic heterocycles. The van der Waals surface area contributed by atoms with Gasteiger partial charge in [0.2, 0.25) is 0 Å². The van der Waals surface area contributed by atoms with Gasteiger partial charge in [0.25, 0.3) is 0 Å². The third-order valence-corrected chi connectivity index (χ3v) is 4.38. The van der Waals surface area contributed by atoms with Crippen molar-refractivity contribution in [2.24, 2.45) is 0 Å². The summed E-state index contributed by atoms with van der Waals surface area (Å²) < 4.78 is 0. The summed E-state index contributed by atoms with van der Waals surface area (Å²) in [4.78, 5) is 0. The van der Waals surface area contributed by atoms with E-state index in [1.54, 1.807) is 0 Å². The molecule has 0 amide bonds. The zero-order valence-corrected chi connectivity index (χ0v) is 12.5. The highest BCUT2D eigenvalue weighted by Crippen LogP contribution is 2.38. The van der Waals surface area contributed by atoms with Crippen LogP contribution in [0.15, 0.2) is 18.2 Å². The molecule has 2 N–H and O–H groups in total. The first-order valence-electron chi connectivity index (χ1n) is 7.58. The van der Waals surface area contributed by atoms with E-state index in [-0.39, 0.29) is 0 Å². The predicted octanol–water partition coefficient (Wildman–Crippen LogP) is 3.43. The maximum absolute atomic E-state index is 10.9. The minimum absolute atomic E-state index is 0.589. The standard InChI is InChI=1S/C17H27NO/c1-4-11-18-15-7-9-17(19,10-8-15)16-6-5-13(2)12-14(16)3/h5-6,12,15,18-19H,4,7-11H2,1-3H3. The van der Waals surface area contributed by atoms with Crippen LogP contribution in [0.5, 0.6) is 0 Å². The molecule has 106 valence electrons. The number of rotatable bonds is 4. The Labute approximate surface area is 117 Å². The smallest absolute Gasteiger partial charge is 0.0900 e. The summed E-state index contributed by atoms with van der Waals surface area (Å²) in [6, 6.07) is 6.99.